The van der Waals surface area contributed by atoms with Gasteiger partial charge in [-0.1, -0.05) is 0 Å². The van der Waals surface area contributed by atoms with Crippen molar-refractivity contribution in [1.29, 1.82) is 0 Å². The van der Waals surface area contributed by atoms with Crippen LogP contribution in [0.2, 0.25) is 0 Å². The van der Waals surface area contributed by atoms with E-state index in [0.29, 0.717) is 19.4 Å². The van der Waals surface area contributed by atoms with Crippen LogP contribution in [0.4, 0.5) is 0 Å². The minimum Gasteiger partial charge on any atom is -0.320 e. The summed E-state index contributed by atoms with van der Waals surface area (Å²) >= 11 is 1.71. The zero-order valence-corrected chi connectivity index (χ0v) is 9.18. The first-order chi connectivity index (χ1) is 6.66. The highest BCUT2D eigenvalue weighted by molar-refractivity contribution is 7.98. The molecule has 2 N–H and O–H groups in total. The van der Waals surface area contributed by atoms with Gasteiger partial charge in [-0.3, -0.25) is 14.5 Å². The molecule has 0 spiro atoms. The highest BCUT2D eigenvalue weighted by atomic mass is 32.2. The van der Waals surface area contributed by atoms with Crippen LogP contribution in [0.1, 0.15) is 19.3 Å². The fourth-order valence-electron chi connectivity index (χ4n) is 1.46. The summed E-state index contributed by atoms with van der Waals surface area (Å²) in [6, 6.07) is -0.470. The lowest BCUT2D eigenvalue weighted by Gasteiger charge is -2.28. The van der Waals surface area contributed by atoms with E-state index in [1.807, 2.05) is 6.26 Å². The van der Waals surface area contributed by atoms with E-state index in [1.54, 1.807) is 11.8 Å². The number of imide groups is 1. The Bertz CT molecular complexity index is 233. The fraction of sp³-hybridized carbons (Fsp3) is 0.778. The van der Waals surface area contributed by atoms with Crippen LogP contribution in [0.25, 0.3) is 0 Å². The number of piperidine rings is 1. The molecule has 2 amide bonds. The summed E-state index contributed by atoms with van der Waals surface area (Å²) in [6.07, 6.45) is 3.76. The second-order valence-electron chi connectivity index (χ2n) is 3.38. The zero-order chi connectivity index (χ0) is 10.6. The van der Waals surface area contributed by atoms with Crippen molar-refractivity contribution in [2.75, 3.05) is 18.6 Å². The molecule has 1 rings (SSSR count). The molecule has 0 aromatic rings. The molecular formula is C9H16N2O2S. The number of thioether (sulfide) groups is 1. The Morgan fingerprint density at radius 3 is 2.93 bits per heavy atom. The molecule has 0 radical (unpaired) electrons. The zero-order valence-electron chi connectivity index (χ0n) is 8.36. The van der Waals surface area contributed by atoms with Gasteiger partial charge >= 0.3 is 0 Å². The summed E-state index contributed by atoms with van der Waals surface area (Å²) in [5.74, 6) is 0.687. The number of likely N-dealkylation sites (tertiary alicyclic amines) is 1. The third-order valence-electron chi connectivity index (χ3n) is 2.28. The van der Waals surface area contributed by atoms with Crippen molar-refractivity contribution < 1.29 is 9.59 Å². The van der Waals surface area contributed by atoms with Crippen molar-refractivity contribution >= 4 is 23.6 Å². The van der Waals surface area contributed by atoms with Gasteiger partial charge in [0.15, 0.2) is 0 Å². The molecule has 14 heavy (non-hydrogen) atoms. The normalized spacial score (nSPS) is 23.0. The number of rotatable bonds is 4. The van der Waals surface area contributed by atoms with E-state index < -0.39 is 6.04 Å². The lowest BCUT2D eigenvalue weighted by atomic mass is 10.1. The maximum absolute atomic E-state index is 11.5. The molecular weight excluding hydrogens is 200 g/mol. The van der Waals surface area contributed by atoms with E-state index in [2.05, 4.69) is 0 Å². The van der Waals surface area contributed by atoms with Gasteiger partial charge < -0.3 is 5.73 Å². The Morgan fingerprint density at radius 1 is 1.57 bits per heavy atom. The Kier molecular flexibility index (Phi) is 4.41. The summed E-state index contributed by atoms with van der Waals surface area (Å²) in [4.78, 5) is 24.2. The van der Waals surface area contributed by atoms with E-state index in [4.69, 9.17) is 5.73 Å². The molecule has 1 fully saturated rings. The van der Waals surface area contributed by atoms with Crippen LogP contribution in [0.15, 0.2) is 0 Å². The van der Waals surface area contributed by atoms with Gasteiger partial charge in [-0.25, -0.2) is 0 Å². The monoisotopic (exact) mass is 216 g/mol. The Labute approximate surface area is 88.2 Å². The van der Waals surface area contributed by atoms with Crippen LogP contribution in [0.3, 0.4) is 0 Å². The third-order valence-corrected chi connectivity index (χ3v) is 2.98. The SMILES string of the molecule is CSCCCN1C(=O)CCC(N)C1=O. The predicted octanol–water partition coefficient (Wildman–Crippen LogP) is 0.216. The molecule has 80 valence electrons. The first kappa shape index (κ1) is 11.5. The number of nitrogens with zero attached hydrogens (tertiary/aromatic N) is 1. The van der Waals surface area contributed by atoms with Gasteiger partial charge in [0.25, 0.3) is 0 Å². The number of hydrogen-bond acceptors (Lipinski definition) is 4. The number of amides is 2. The molecule has 1 heterocycles. The van der Waals surface area contributed by atoms with Crippen LogP contribution in [-0.2, 0) is 9.59 Å². The van der Waals surface area contributed by atoms with E-state index in [-0.39, 0.29) is 11.8 Å². The second kappa shape index (κ2) is 5.36. The molecule has 1 aliphatic rings. The molecule has 4 nitrogen and oxygen atoms in total. The van der Waals surface area contributed by atoms with Gasteiger partial charge in [-0.05, 0) is 24.9 Å². The molecule has 1 aliphatic heterocycles. The summed E-state index contributed by atoms with van der Waals surface area (Å²) in [7, 11) is 0. The summed E-state index contributed by atoms with van der Waals surface area (Å²) in [6.45, 7) is 0.520. The van der Waals surface area contributed by atoms with E-state index in [9.17, 15) is 9.59 Å². The number of carbonyl (C=O) groups excluding carboxylic acids is 2. The van der Waals surface area contributed by atoms with Gasteiger partial charge in [0.05, 0.1) is 6.04 Å². The van der Waals surface area contributed by atoms with Gasteiger partial charge in [0, 0.05) is 13.0 Å². The van der Waals surface area contributed by atoms with Gasteiger partial charge in [-0.15, -0.1) is 0 Å². The van der Waals surface area contributed by atoms with Crippen molar-refractivity contribution in [3.05, 3.63) is 0 Å². The van der Waals surface area contributed by atoms with Gasteiger partial charge in [0.2, 0.25) is 11.8 Å². The van der Waals surface area contributed by atoms with Crippen LogP contribution in [-0.4, -0.2) is 41.3 Å². The van der Waals surface area contributed by atoms with Crippen molar-refractivity contribution in [2.45, 2.75) is 25.3 Å². The van der Waals surface area contributed by atoms with Crippen LogP contribution >= 0.6 is 11.8 Å². The standard InChI is InChI=1S/C9H16N2O2S/c1-14-6-2-5-11-8(12)4-3-7(10)9(11)13/h7H,2-6,10H2,1H3. The second-order valence-corrected chi connectivity index (χ2v) is 4.36. The smallest absolute Gasteiger partial charge is 0.246 e. The quantitative estimate of drug-likeness (QED) is 0.539. The maximum atomic E-state index is 11.5. The van der Waals surface area contributed by atoms with E-state index in [0.717, 1.165) is 12.2 Å². The minimum atomic E-state index is -0.470. The van der Waals surface area contributed by atoms with Gasteiger partial charge in [0.1, 0.15) is 0 Å². The third kappa shape index (κ3) is 2.72. The van der Waals surface area contributed by atoms with Crippen molar-refractivity contribution in [2.24, 2.45) is 5.73 Å². The maximum Gasteiger partial charge on any atom is 0.246 e. The molecule has 0 saturated carbocycles. The van der Waals surface area contributed by atoms with Crippen molar-refractivity contribution in [3.8, 4) is 0 Å². The van der Waals surface area contributed by atoms with Crippen LogP contribution < -0.4 is 5.73 Å². The fourth-order valence-corrected chi connectivity index (χ4v) is 1.88. The Hall–Kier alpha value is -0.550. The van der Waals surface area contributed by atoms with Crippen LogP contribution in [0.5, 0.6) is 0 Å². The van der Waals surface area contributed by atoms with Gasteiger partial charge in [-0.2, -0.15) is 11.8 Å². The summed E-state index contributed by atoms with van der Waals surface area (Å²) in [5.41, 5.74) is 5.59. The molecule has 1 atom stereocenters. The highest BCUT2D eigenvalue weighted by Crippen LogP contribution is 2.12. The average Bonchev–Trinajstić information content (AvgIpc) is 2.18. The molecule has 1 unspecified atom stereocenters. The lowest BCUT2D eigenvalue weighted by Crippen LogP contribution is -2.51. The molecule has 0 aliphatic carbocycles. The van der Waals surface area contributed by atoms with Crippen molar-refractivity contribution in [3.63, 3.8) is 0 Å². The molecule has 0 bridgehead atoms. The molecule has 1 saturated heterocycles. The number of nitrogens with two attached hydrogens (primary N) is 1. The largest absolute Gasteiger partial charge is 0.320 e. The Morgan fingerprint density at radius 2 is 2.29 bits per heavy atom. The molecule has 0 aromatic carbocycles. The van der Waals surface area contributed by atoms with Crippen LogP contribution in [0, 0.1) is 0 Å². The topological polar surface area (TPSA) is 63.4 Å². The lowest BCUT2D eigenvalue weighted by molar-refractivity contribution is -0.149. The average molecular weight is 216 g/mol. The van der Waals surface area contributed by atoms with Crippen molar-refractivity contribution in [1.82, 2.24) is 4.90 Å². The highest BCUT2D eigenvalue weighted by Gasteiger charge is 2.31. The molecule has 5 heteroatoms. The first-order valence-electron chi connectivity index (χ1n) is 4.75. The summed E-state index contributed by atoms with van der Waals surface area (Å²) < 4.78 is 0. The number of carbonyl (C=O) groups is 2. The number of hydrogen-bond donors (Lipinski definition) is 1. The minimum absolute atomic E-state index is 0.0715. The van der Waals surface area contributed by atoms with E-state index in [1.165, 1.54) is 4.90 Å². The Balaban J connectivity index is 2.46. The summed E-state index contributed by atoms with van der Waals surface area (Å²) in [5, 5.41) is 0. The van der Waals surface area contributed by atoms with E-state index >= 15 is 0 Å². The first-order valence-corrected chi connectivity index (χ1v) is 6.15. The molecule has 0 aromatic heterocycles. The predicted molar refractivity (Wildman–Crippen MR) is 56.9 cm³/mol.